The van der Waals surface area contributed by atoms with Crippen LogP contribution in [0.3, 0.4) is 0 Å². The lowest BCUT2D eigenvalue weighted by Gasteiger charge is -2.31. The lowest BCUT2D eigenvalue weighted by atomic mass is 9.89. The van der Waals surface area contributed by atoms with E-state index >= 15 is 0 Å². The van der Waals surface area contributed by atoms with Gasteiger partial charge in [-0.15, -0.1) is 0 Å². The molecule has 2 aliphatic rings. The molecule has 1 aromatic heterocycles. The molecule has 39 heavy (non-hydrogen) atoms. The van der Waals surface area contributed by atoms with Gasteiger partial charge in [-0.2, -0.15) is 5.10 Å². The van der Waals surface area contributed by atoms with Crippen LogP contribution in [0, 0.1) is 17.6 Å². The van der Waals surface area contributed by atoms with Gasteiger partial charge in [-0.05, 0) is 104 Å². The molecule has 3 heterocycles. The standard InChI is InChI=1S/C31H32F2N4O2/c32-25-15-23(16-26(33)18-25)12-21-3-5-29-28(17-21)30(36-35-29)34-31(38)27-4-2-22(19-37-8-1-9-37)14-24(27)13-20-6-10-39-11-7-20/h2-5,14-18,20H,1,6-13,19H2,(H2,34,35,36,38). The van der Waals surface area contributed by atoms with Gasteiger partial charge in [0, 0.05) is 36.8 Å². The molecule has 6 rings (SSSR count). The highest BCUT2D eigenvalue weighted by Gasteiger charge is 2.21. The SMILES string of the molecule is O=C(Nc1n[nH]c2ccc(Cc3cc(F)cc(F)c3)cc12)c1ccc(CN2CCC2)cc1CC1CCOCC1. The molecule has 0 aliphatic carbocycles. The molecule has 2 fully saturated rings. The number of halogens is 2. The number of hydrogen-bond donors (Lipinski definition) is 2. The second-order valence-corrected chi connectivity index (χ2v) is 10.7. The number of amides is 1. The summed E-state index contributed by atoms with van der Waals surface area (Å²) in [7, 11) is 0. The summed E-state index contributed by atoms with van der Waals surface area (Å²) in [6.07, 6.45) is 4.44. The topological polar surface area (TPSA) is 70.2 Å². The van der Waals surface area contributed by atoms with Crippen LogP contribution in [-0.2, 0) is 24.1 Å². The van der Waals surface area contributed by atoms with Gasteiger partial charge in [0.15, 0.2) is 5.82 Å². The van der Waals surface area contributed by atoms with Gasteiger partial charge in [0.2, 0.25) is 0 Å². The summed E-state index contributed by atoms with van der Waals surface area (Å²) in [6, 6.07) is 15.4. The Balaban J connectivity index is 1.24. The number of anilines is 1. The second kappa shape index (κ2) is 11.2. The van der Waals surface area contributed by atoms with Crippen molar-refractivity contribution in [1.82, 2.24) is 15.1 Å². The fraction of sp³-hybridized carbons (Fsp3) is 0.355. The number of fused-ring (bicyclic) bond motifs is 1. The molecule has 0 unspecified atom stereocenters. The van der Waals surface area contributed by atoms with E-state index in [2.05, 4.69) is 32.5 Å². The maximum atomic E-state index is 13.7. The van der Waals surface area contributed by atoms with E-state index in [4.69, 9.17) is 4.74 Å². The first-order valence-electron chi connectivity index (χ1n) is 13.7. The van der Waals surface area contributed by atoms with Crippen LogP contribution in [0.4, 0.5) is 14.6 Å². The van der Waals surface area contributed by atoms with Crippen LogP contribution in [0.25, 0.3) is 10.9 Å². The molecule has 2 saturated heterocycles. The molecule has 1 amide bonds. The Morgan fingerprint density at radius 2 is 1.74 bits per heavy atom. The first-order chi connectivity index (χ1) is 19.0. The fourth-order valence-corrected chi connectivity index (χ4v) is 5.59. The third-order valence-corrected chi connectivity index (χ3v) is 7.81. The molecule has 6 nitrogen and oxygen atoms in total. The average Bonchev–Trinajstić information content (AvgIpc) is 3.28. The molecular weight excluding hydrogens is 498 g/mol. The minimum Gasteiger partial charge on any atom is -0.381 e. The predicted octanol–water partition coefficient (Wildman–Crippen LogP) is 5.86. The normalized spacial score (nSPS) is 16.4. The Hall–Kier alpha value is -3.62. The van der Waals surface area contributed by atoms with Crippen molar-refractivity contribution in [1.29, 1.82) is 0 Å². The van der Waals surface area contributed by atoms with E-state index in [-0.39, 0.29) is 5.91 Å². The van der Waals surface area contributed by atoms with Crippen LogP contribution in [0.2, 0.25) is 0 Å². The van der Waals surface area contributed by atoms with Gasteiger partial charge < -0.3 is 10.1 Å². The third kappa shape index (κ3) is 6.02. The quantitative estimate of drug-likeness (QED) is 0.300. The van der Waals surface area contributed by atoms with Crippen LogP contribution in [0.15, 0.2) is 54.6 Å². The number of aromatic amines is 1. The summed E-state index contributed by atoms with van der Waals surface area (Å²) in [5.41, 5.74) is 5.13. The molecule has 0 atom stereocenters. The number of carbonyl (C=O) groups is 1. The summed E-state index contributed by atoms with van der Waals surface area (Å²) in [6.45, 7) is 4.69. The monoisotopic (exact) mass is 530 g/mol. The van der Waals surface area contributed by atoms with Gasteiger partial charge in [-0.3, -0.25) is 14.8 Å². The number of nitrogens with one attached hydrogen (secondary N) is 2. The first kappa shape index (κ1) is 25.6. The maximum absolute atomic E-state index is 13.7. The zero-order valence-electron chi connectivity index (χ0n) is 21.8. The first-order valence-corrected chi connectivity index (χ1v) is 13.7. The van der Waals surface area contributed by atoms with Gasteiger partial charge in [0.1, 0.15) is 11.6 Å². The molecular formula is C31H32F2N4O2. The van der Waals surface area contributed by atoms with Gasteiger partial charge in [-0.1, -0.05) is 18.2 Å². The second-order valence-electron chi connectivity index (χ2n) is 10.7. The Morgan fingerprint density at radius 1 is 0.974 bits per heavy atom. The smallest absolute Gasteiger partial charge is 0.257 e. The minimum atomic E-state index is -0.602. The van der Waals surface area contributed by atoms with E-state index < -0.39 is 11.6 Å². The number of aromatic nitrogens is 2. The van der Waals surface area contributed by atoms with Crippen molar-refractivity contribution in [2.75, 3.05) is 31.6 Å². The van der Waals surface area contributed by atoms with Crippen molar-refractivity contribution in [3.63, 3.8) is 0 Å². The molecule has 2 N–H and O–H groups in total. The van der Waals surface area contributed by atoms with Crippen LogP contribution in [0.1, 0.15) is 51.9 Å². The Labute approximate surface area is 226 Å². The van der Waals surface area contributed by atoms with E-state index in [1.165, 1.54) is 24.1 Å². The largest absolute Gasteiger partial charge is 0.381 e. The summed E-state index contributed by atoms with van der Waals surface area (Å²) >= 11 is 0. The Morgan fingerprint density at radius 3 is 2.49 bits per heavy atom. The summed E-state index contributed by atoms with van der Waals surface area (Å²) in [5, 5.41) is 11.1. The molecule has 0 saturated carbocycles. The van der Waals surface area contributed by atoms with E-state index in [0.29, 0.717) is 29.3 Å². The lowest BCUT2D eigenvalue weighted by Crippen LogP contribution is -2.36. The molecule has 3 aromatic carbocycles. The number of rotatable bonds is 8. The highest BCUT2D eigenvalue weighted by molar-refractivity contribution is 6.08. The van der Waals surface area contributed by atoms with Crippen molar-refractivity contribution < 1.29 is 18.3 Å². The molecule has 0 bridgehead atoms. The fourth-order valence-electron chi connectivity index (χ4n) is 5.59. The average molecular weight is 531 g/mol. The number of likely N-dealkylation sites (tertiary alicyclic amines) is 1. The van der Waals surface area contributed by atoms with Crippen LogP contribution >= 0.6 is 0 Å². The molecule has 8 heteroatoms. The molecule has 202 valence electrons. The minimum absolute atomic E-state index is 0.196. The summed E-state index contributed by atoms with van der Waals surface area (Å²) in [5.74, 6) is -0.474. The highest BCUT2D eigenvalue weighted by Crippen LogP contribution is 2.27. The van der Waals surface area contributed by atoms with Crippen LogP contribution < -0.4 is 5.32 Å². The van der Waals surface area contributed by atoms with Gasteiger partial charge in [-0.25, -0.2) is 8.78 Å². The van der Waals surface area contributed by atoms with E-state index in [0.717, 1.165) is 80.2 Å². The number of benzene rings is 3. The Kier molecular flexibility index (Phi) is 7.39. The number of carbonyl (C=O) groups excluding carboxylic acids is 1. The predicted molar refractivity (Wildman–Crippen MR) is 147 cm³/mol. The lowest BCUT2D eigenvalue weighted by molar-refractivity contribution is 0.0664. The van der Waals surface area contributed by atoms with Crippen LogP contribution in [-0.4, -0.2) is 47.3 Å². The number of nitrogens with zero attached hydrogens (tertiary/aromatic N) is 2. The van der Waals surface area contributed by atoms with Crippen molar-refractivity contribution in [3.8, 4) is 0 Å². The number of H-pyrrole nitrogens is 1. The molecule has 4 aromatic rings. The van der Waals surface area contributed by atoms with E-state index in [9.17, 15) is 13.6 Å². The van der Waals surface area contributed by atoms with Crippen molar-refractivity contribution in [2.24, 2.45) is 5.92 Å². The van der Waals surface area contributed by atoms with Crippen LogP contribution in [0.5, 0.6) is 0 Å². The zero-order valence-corrected chi connectivity index (χ0v) is 21.8. The van der Waals surface area contributed by atoms with Gasteiger partial charge in [0.25, 0.3) is 5.91 Å². The van der Waals surface area contributed by atoms with E-state index in [1.807, 2.05) is 24.3 Å². The van der Waals surface area contributed by atoms with E-state index in [1.54, 1.807) is 0 Å². The third-order valence-electron chi connectivity index (χ3n) is 7.81. The van der Waals surface area contributed by atoms with Gasteiger partial charge in [0.05, 0.1) is 5.52 Å². The van der Waals surface area contributed by atoms with Crippen molar-refractivity contribution in [3.05, 3.63) is 94.0 Å². The van der Waals surface area contributed by atoms with Crippen molar-refractivity contribution in [2.45, 2.75) is 38.6 Å². The number of hydrogen-bond acceptors (Lipinski definition) is 4. The zero-order chi connectivity index (χ0) is 26.8. The highest BCUT2D eigenvalue weighted by atomic mass is 19.1. The van der Waals surface area contributed by atoms with Gasteiger partial charge >= 0.3 is 0 Å². The Bertz CT molecular complexity index is 1470. The summed E-state index contributed by atoms with van der Waals surface area (Å²) in [4.78, 5) is 16.0. The molecule has 0 spiro atoms. The molecule has 2 aliphatic heterocycles. The molecule has 0 radical (unpaired) electrons. The summed E-state index contributed by atoms with van der Waals surface area (Å²) < 4.78 is 32.9. The van der Waals surface area contributed by atoms with Crippen molar-refractivity contribution >= 4 is 22.6 Å². The number of ether oxygens (including phenoxy) is 1. The maximum Gasteiger partial charge on any atom is 0.257 e.